The van der Waals surface area contributed by atoms with Gasteiger partial charge < -0.3 is 15.2 Å². The minimum absolute atomic E-state index is 0.342. The molecule has 3 N–H and O–H groups in total. The van der Waals surface area contributed by atoms with Gasteiger partial charge in [-0.3, -0.25) is 9.89 Å². The smallest absolute Gasteiger partial charge is 0.267 e. The summed E-state index contributed by atoms with van der Waals surface area (Å²) in [5.74, 6) is 0.918. The molecule has 0 bridgehead atoms. The van der Waals surface area contributed by atoms with Gasteiger partial charge in [-0.2, -0.15) is 5.10 Å². The molecular weight excluding hydrogens is 246 g/mol. The van der Waals surface area contributed by atoms with Gasteiger partial charge in [-0.25, -0.2) is 0 Å². The van der Waals surface area contributed by atoms with Crippen LogP contribution in [0.5, 0.6) is 11.5 Å². The van der Waals surface area contributed by atoms with Crippen molar-refractivity contribution in [3.05, 3.63) is 29.5 Å². The third-order valence-electron chi connectivity index (χ3n) is 3.17. The van der Waals surface area contributed by atoms with Crippen LogP contribution in [0.4, 0.5) is 0 Å². The summed E-state index contributed by atoms with van der Waals surface area (Å²) in [6, 6.07) is 5.50. The number of ether oxygens (including phenoxy) is 2. The van der Waals surface area contributed by atoms with E-state index < -0.39 is 5.91 Å². The molecule has 1 aromatic carbocycles. The van der Waals surface area contributed by atoms with Crippen LogP contribution in [-0.2, 0) is 6.42 Å². The van der Waals surface area contributed by atoms with Crippen LogP contribution >= 0.6 is 0 Å². The second-order valence-electron chi connectivity index (χ2n) is 4.25. The Labute approximate surface area is 109 Å². The van der Waals surface area contributed by atoms with Crippen LogP contribution in [0.2, 0.25) is 0 Å². The van der Waals surface area contributed by atoms with E-state index in [9.17, 15) is 4.79 Å². The third-order valence-corrected chi connectivity index (χ3v) is 3.17. The minimum Gasteiger partial charge on any atom is -0.497 e. The summed E-state index contributed by atoms with van der Waals surface area (Å²) in [5, 5.41) is 6.89. The zero-order chi connectivity index (χ0) is 13.4. The van der Waals surface area contributed by atoms with Gasteiger partial charge in [-0.15, -0.1) is 0 Å². The largest absolute Gasteiger partial charge is 0.497 e. The SMILES string of the molecule is COc1ccc2c(c1)-c1n[nH]c(C(N)=O)c1CCO2. The lowest BCUT2D eigenvalue weighted by molar-refractivity contribution is 0.0994. The molecule has 1 amide bonds. The summed E-state index contributed by atoms with van der Waals surface area (Å²) in [4.78, 5) is 11.4. The highest BCUT2D eigenvalue weighted by Crippen LogP contribution is 2.37. The maximum Gasteiger partial charge on any atom is 0.267 e. The number of fused-ring (bicyclic) bond motifs is 3. The van der Waals surface area contributed by atoms with Crippen molar-refractivity contribution in [1.82, 2.24) is 10.2 Å². The maximum atomic E-state index is 11.4. The van der Waals surface area contributed by atoms with Gasteiger partial charge in [0, 0.05) is 17.5 Å². The number of benzene rings is 1. The molecule has 2 heterocycles. The standard InChI is InChI=1S/C13H13N3O3/c1-18-7-2-3-10-9(6-7)11-8(4-5-19-10)12(13(14)17)16-15-11/h2-3,6H,4-5H2,1H3,(H2,14,17)(H,15,16). The number of carbonyl (C=O) groups is 1. The Hall–Kier alpha value is -2.50. The molecule has 0 unspecified atom stereocenters. The van der Waals surface area contributed by atoms with Crippen molar-refractivity contribution in [3.63, 3.8) is 0 Å². The molecule has 0 fully saturated rings. The van der Waals surface area contributed by atoms with E-state index in [1.54, 1.807) is 7.11 Å². The molecule has 0 spiro atoms. The van der Waals surface area contributed by atoms with Gasteiger partial charge in [0.05, 0.1) is 13.7 Å². The predicted octanol–water partition coefficient (Wildman–Crippen LogP) is 1.12. The maximum absolute atomic E-state index is 11.4. The average molecular weight is 259 g/mol. The summed E-state index contributed by atoms with van der Waals surface area (Å²) >= 11 is 0. The molecule has 6 nitrogen and oxygen atoms in total. The molecular formula is C13H13N3O3. The Morgan fingerprint density at radius 2 is 2.37 bits per heavy atom. The molecule has 1 aromatic heterocycles. The van der Waals surface area contributed by atoms with Crippen molar-refractivity contribution in [2.24, 2.45) is 5.73 Å². The Balaban J connectivity index is 2.21. The van der Waals surface area contributed by atoms with Crippen LogP contribution in [0, 0.1) is 0 Å². The van der Waals surface area contributed by atoms with Gasteiger partial charge in [-0.1, -0.05) is 0 Å². The molecule has 0 saturated heterocycles. The van der Waals surface area contributed by atoms with E-state index in [2.05, 4.69) is 10.2 Å². The van der Waals surface area contributed by atoms with Crippen LogP contribution in [0.3, 0.4) is 0 Å². The van der Waals surface area contributed by atoms with Gasteiger partial charge in [0.15, 0.2) is 0 Å². The second-order valence-corrected chi connectivity index (χ2v) is 4.25. The number of aromatic nitrogens is 2. The Bertz CT molecular complexity index is 649. The van der Waals surface area contributed by atoms with Crippen LogP contribution in [-0.4, -0.2) is 29.8 Å². The Kier molecular flexibility index (Phi) is 2.63. The van der Waals surface area contributed by atoms with E-state index in [0.717, 1.165) is 16.9 Å². The summed E-state index contributed by atoms with van der Waals surface area (Å²) in [7, 11) is 1.60. The van der Waals surface area contributed by atoms with Crippen LogP contribution in [0.1, 0.15) is 16.1 Å². The number of aromatic amines is 1. The number of carbonyl (C=O) groups excluding carboxylic acids is 1. The summed E-state index contributed by atoms with van der Waals surface area (Å²) < 4.78 is 10.9. The highest BCUT2D eigenvalue weighted by atomic mass is 16.5. The molecule has 2 aromatic rings. The molecule has 0 saturated carbocycles. The molecule has 0 atom stereocenters. The zero-order valence-corrected chi connectivity index (χ0v) is 10.4. The fraction of sp³-hybridized carbons (Fsp3) is 0.231. The van der Waals surface area contributed by atoms with Crippen molar-refractivity contribution in [1.29, 1.82) is 0 Å². The van der Waals surface area contributed by atoms with Crippen LogP contribution < -0.4 is 15.2 Å². The van der Waals surface area contributed by atoms with E-state index in [-0.39, 0.29) is 0 Å². The fourth-order valence-electron chi connectivity index (χ4n) is 2.25. The number of nitrogens with zero attached hydrogens (tertiary/aromatic N) is 1. The Morgan fingerprint density at radius 3 is 3.11 bits per heavy atom. The van der Waals surface area contributed by atoms with Gasteiger partial charge in [-0.05, 0) is 18.2 Å². The fourth-order valence-corrected chi connectivity index (χ4v) is 2.25. The molecule has 3 rings (SSSR count). The topological polar surface area (TPSA) is 90.2 Å². The number of rotatable bonds is 2. The van der Waals surface area contributed by atoms with E-state index in [1.165, 1.54) is 0 Å². The second kappa shape index (κ2) is 4.31. The summed E-state index contributed by atoms with van der Waals surface area (Å²) in [6.45, 7) is 0.478. The molecule has 1 aliphatic rings. The molecule has 0 aliphatic carbocycles. The number of primary amides is 1. The lowest BCUT2D eigenvalue weighted by Crippen LogP contribution is -2.14. The van der Waals surface area contributed by atoms with E-state index in [4.69, 9.17) is 15.2 Å². The molecule has 19 heavy (non-hydrogen) atoms. The number of methoxy groups -OCH3 is 1. The van der Waals surface area contributed by atoms with Crippen molar-refractivity contribution >= 4 is 5.91 Å². The number of hydrogen-bond acceptors (Lipinski definition) is 4. The first-order valence-electron chi connectivity index (χ1n) is 5.89. The highest BCUT2D eigenvalue weighted by Gasteiger charge is 2.23. The van der Waals surface area contributed by atoms with Gasteiger partial charge in [0.25, 0.3) is 5.91 Å². The van der Waals surface area contributed by atoms with Crippen molar-refractivity contribution in [2.75, 3.05) is 13.7 Å². The van der Waals surface area contributed by atoms with Crippen molar-refractivity contribution < 1.29 is 14.3 Å². The van der Waals surface area contributed by atoms with Gasteiger partial charge >= 0.3 is 0 Å². The van der Waals surface area contributed by atoms with E-state index >= 15 is 0 Å². The summed E-state index contributed by atoms with van der Waals surface area (Å²) in [6.07, 6.45) is 0.584. The highest BCUT2D eigenvalue weighted by molar-refractivity contribution is 5.94. The van der Waals surface area contributed by atoms with E-state index in [1.807, 2.05) is 18.2 Å². The first kappa shape index (κ1) is 11.6. The number of nitrogens with two attached hydrogens (primary N) is 1. The normalized spacial score (nSPS) is 12.9. The monoisotopic (exact) mass is 259 g/mol. The predicted molar refractivity (Wildman–Crippen MR) is 68.3 cm³/mol. The first-order valence-corrected chi connectivity index (χ1v) is 5.89. The average Bonchev–Trinajstić information content (AvgIpc) is 2.75. The van der Waals surface area contributed by atoms with Gasteiger partial charge in [0.2, 0.25) is 0 Å². The summed E-state index contributed by atoms with van der Waals surface area (Å²) in [5.41, 5.74) is 7.96. The minimum atomic E-state index is -0.514. The first-order chi connectivity index (χ1) is 9.20. The van der Waals surface area contributed by atoms with Gasteiger partial charge in [0.1, 0.15) is 22.9 Å². The lowest BCUT2D eigenvalue weighted by atomic mass is 10.0. The third kappa shape index (κ3) is 1.81. The molecule has 98 valence electrons. The number of amides is 1. The van der Waals surface area contributed by atoms with Crippen LogP contribution in [0.15, 0.2) is 18.2 Å². The van der Waals surface area contributed by atoms with Crippen molar-refractivity contribution in [3.8, 4) is 22.8 Å². The molecule has 1 aliphatic heterocycles. The zero-order valence-electron chi connectivity index (χ0n) is 10.4. The number of nitrogens with one attached hydrogen (secondary N) is 1. The van der Waals surface area contributed by atoms with E-state index in [0.29, 0.717) is 30.2 Å². The van der Waals surface area contributed by atoms with Crippen molar-refractivity contribution in [2.45, 2.75) is 6.42 Å². The molecule has 6 heteroatoms. The lowest BCUT2D eigenvalue weighted by Gasteiger charge is -2.08. The quantitative estimate of drug-likeness (QED) is 0.845. The molecule has 0 radical (unpaired) electrons. The van der Waals surface area contributed by atoms with Crippen LogP contribution in [0.25, 0.3) is 11.3 Å². The Morgan fingerprint density at radius 1 is 1.53 bits per heavy atom. The number of hydrogen-bond donors (Lipinski definition) is 2. The number of H-pyrrole nitrogens is 1.